The Kier molecular flexibility index (Phi) is 7.61. The van der Waals surface area contributed by atoms with E-state index in [1.165, 1.54) is 37.7 Å². The fourth-order valence-corrected chi connectivity index (χ4v) is 2.76. The number of hydrogen-bond acceptors (Lipinski definition) is 3. The SMILES string of the molecule is CCCNCc1ccc(OCCOCC2CCCC2)cc1. The van der Waals surface area contributed by atoms with Crippen molar-refractivity contribution in [1.29, 1.82) is 0 Å². The van der Waals surface area contributed by atoms with E-state index < -0.39 is 0 Å². The molecule has 118 valence electrons. The van der Waals surface area contributed by atoms with Crippen LogP contribution in [0.3, 0.4) is 0 Å². The zero-order chi connectivity index (χ0) is 14.8. The van der Waals surface area contributed by atoms with Gasteiger partial charge in [0.2, 0.25) is 0 Å². The molecule has 1 aromatic carbocycles. The smallest absolute Gasteiger partial charge is 0.119 e. The third-order valence-electron chi connectivity index (χ3n) is 4.00. The van der Waals surface area contributed by atoms with Gasteiger partial charge in [-0.1, -0.05) is 31.9 Å². The number of nitrogens with one attached hydrogen (secondary N) is 1. The van der Waals surface area contributed by atoms with E-state index in [2.05, 4.69) is 24.4 Å². The number of rotatable bonds is 10. The molecule has 0 radical (unpaired) electrons. The van der Waals surface area contributed by atoms with Crippen LogP contribution < -0.4 is 10.1 Å². The lowest BCUT2D eigenvalue weighted by Crippen LogP contribution is -2.13. The van der Waals surface area contributed by atoms with Gasteiger partial charge in [-0.3, -0.25) is 0 Å². The first-order valence-electron chi connectivity index (χ1n) is 8.38. The minimum absolute atomic E-state index is 0.639. The second-order valence-corrected chi connectivity index (χ2v) is 5.89. The van der Waals surface area contributed by atoms with E-state index in [0.717, 1.165) is 31.4 Å². The topological polar surface area (TPSA) is 30.5 Å². The standard InChI is InChI=1S/C18H29NO2/c1-2-11-19-14-16-7-9-18(10-8-16)21-13-12-20-15-17-5-3-4-6-17/h7-10,17,19H,2-6,11-15H2,1H3. The van der Waals surface area contributed by atoms with Crippen molar-refractivity contribution >= 4 is 0 Å². The number of hydrogen-bond donors (Lipinski definition) is 1. The molecule has 1 aliphatic rings. The molecule has 1 saturated carbocycles. The molecule has 1 aliphatic carbocycles. The molecule has 0 bridgehead atoms. The van der Waals surface area contributed by atoms with Gasteiger partial charge in [0.1, 0.15) is 12.4 Å². The van der Waals surface area contributed by atoms with Crippen LogP contribution in [-0.2, 0) is 11.3 Å². The van der Waals surface area contributed by atoms with Crippen LogP contribution in [0.15, 0.2) is 24.3 Å². The normalized spacial score (nSPS) is 15.5. The molecule has 1 aromatic rings. The van der Waals surface area contributed by atoms with Crippen LogP contribution >= 0.6 is 0 Å². The van der Waals surface area contributed by atoms with Crippen molar-refractivity contribution in [2.75, 3.05) is 26.4 Å². The molecule has 0 spiro atoms. The largest absolute Gasteiger partial charge is 0.491 e. The van der Waals surface area contributed by atoms with Crippen molar-refractivity contribution < 1.29 is 9.47 Å². The average molecular weight is 291 g/mol. The summed E-state index contributed by atoms with van der Waals surface area (Å²) in [6.45, 7) is 6.41. The first-order chi connectivity index (χ1) is 10.4. The van der Waals surface area contributed by atoms with Crippen LogP contribution in [0.25, 0.3) is 0 Å². The molecule has 3 heteroatoms. The summed E-state index contributed by atoms with van der Waals surface area (Å²) in [5.41, 5.74) is 1.30. The van der Waals surface area contributed by atoms with Crippen LogP contribution in [0.2, 0.25) is 0 Å². The van der Waals surface area contributed by atoms with Crippen LogP contribution in [0, 0.1) is 5.92 Å². The molecule has 0 heterocycles. The van der Waals surface area contributed by atoms with Crippen LogP contribution in [0.4, 0.5) is 0 Å². The van der Waals surface area contributed by atoms with E-state index in [9.17, 15) is 0 Å². The predicted molar refractivity (Wildman–Crippen MR) is 86.7 cm³/mol. The molecular weight excluding hydrogens is 262 g/mol. The zero-order valence-corrected chi connectivity index (χ0v) is 13.3. The maximum Gasteiger partial charge on any atom is 0.119 e. The van der Waals surface area contributed by atoms with Crippen molar-refractivity contribution in [1.82, 2.24) is 5.32 Å². The fraction of sp³-hybridized carbons (Fsp3) is 0.667. The van der Waals surface area contributed by atoms with E-state index in [1.54, 1.807) is 0 Å². The molecule has 3 nitrogen and oxygen atoms in total. The van der Waals surface area contributed by atoms with Gasteiger partial charge in [-0.2, -0.15) is 0 Å². The highest BCUT2D eigenvalue weighted by Crippen LogP contribution is 2.24. The quantitative estimate of drug-likeness (QED) is 0.666. The molecule has 1 fully saturated rings. The van der Waals surface area contributed by atoms with Crippen LogP contribution in [0.5, 0.6) is 5.75 Å². The molecular formula is C18H29NO2. The molecule has 0 unspecified atom stereocenters. The van der Waals surface area contributed by atoms with Crippen molar-refractivity contribution in [2.45, 2.75) is 45.6 Å². The number of benzene rings is 1. The predicted octanol–water partition coefficient (Wildman–Crippen LogP) is 3.77. The minimum Gasteiger partial charge on any atom is -0.491 e. The molecule has 2 rings (SSSR count). The first kappa shape index (κ1) is 16.3. The summed E-state index contributed by atoms with van der Waals surface area (Å²) in [7, 11) is 0. The van der Waals surface area contributed by atoms with Gasteiger partial charge in [0.25, 0.3) is 0 Å². The molecule has 0 atom stereocenters. The third kappa shape index (κ3) is 6.49. The van der Waals surface area contributed by atoms with Gasteiger partial charge < -0.3 is 14.8 Å². The highest BCUT2D eigenvalue weighted by molar-refractivity contribution is 5.27. The second kappa shape index (κ2) is 9.80. The van der Waals surface area contributed by atoms with Gasteiger partial charge in [-0.15, -0.1) is 0 Å². The summed E-state index contributed by atoms with van der Waals surface area (Å²) in [5, 5.41) is 3.40. The Morgan fingerprint density at radius 2 is 1.86 bits per heavy atom. The third-order valence-corrected chi connectivity index (χ3v) is 4.00. The van der Waals surface area contributed by atoms with Gasteiger partial charge >= 0.3 is 0 Å². The Hall–Kier alpha value is -1.06. The van der Waals surface area contributed by atoms with Crippen LogP contribution in [-0.4, -0.2) is 26.4 Å². The van der Waals surface area contributed by atoms with E-state index in [4.69, 9.17) is 9.47 Å². The number of ether oxygens (including phenoxy) is 2. The van der Waals surface area contributed by atoms with Gasteiger partial charge in [0.05, 0.1) is 6.61 Å². The Balaban J connectivity index is 1.55. The highest BCUT2D eigenvalue weighted by atomic mass is 16.5. The van der Waals surface area contributed by atoms with Crippen LogP contribution in [0.1, 0.15) is 44.6 Å². The lowest BCUT2D eigenvalue weighted by Gasteiger charge is -2.11. The average Bonchev–Trinajstić information content (AvgIpc) is 3.02. The molecule has 21 heavy (non-hydrogen) atoms. The van der Waals surface area contributed by atoms with Crippen molar-refractivity contribution in [3.8, 4) is 5.75 Å². The molecule has 1 N–H and O–H groups in total. The van der Waals surface area contributed by atoms with E-state index in [-0.39, 0.29) is 0 Å². The van der Waals surface area contributed by atoms with Crippen molar-refractivity contribution in [3.05, 3.63) is 29.8 Å². The van der Waals surface area contributed by atoms with E-state index in [0.29, 0.717) is 13.2 Å². The maximum atomic E-state index is 5.71. The second-order valence-electron chi connectivity index (χ2n) is 5.89. The summed E-state index contributed by atoms with van der Waals surface area (Å²) in [6, 6.07) is 8.33. The summed E-state index contributed by atoms with van der Waals surface area (Å²) in [4.78, 5) is 0. The zero-order valence-electron chi connectivity index (χ0n) is 13.3. The summed E-state index contributed by atoms with van der Waals surface area (Å²) in [5.74, 6) is 1.72. The molecule has 0 aromatic heterocycles. The van der Waals surface area contributed by atoms with Crippen molar-refractivity contribution in [3.63, 3.8) is 0 Å². The van der Waals surface area contributed by atoms with Gasteiger partial charge in [-0.25, -0.2) is 0 Å². The van der Waals surface area contributed by atoms with Gasteiger partial charge in [0.15, 0.2) is 0 Å². The molecule has 0 aliphatic heterocycles. The first-order valence-corrected chi connectivity index (χ1v) is 8.38. The van der Waals surface area contributed by atoms with E-state index in [1.807, 2.05) is 12.1 Å². The molecule has 0 amide bonds. The van der Waals surface area contributed by atoms with Gasteiger partial charge in [0, 0.05) is 13.2 Å². The Bertz CT molecular complexity index is 371. The Morgan fingerprint density at radius 1 is 1.10 bits per heavy atom. The highest BCUT2D eigenvalue weighted by Gasteiger charge is 2.14. The van der Waals surface area contributed by atoms with E-state index >= 15 is 0 Å². The summed E-state index contributed by atoms with van der Waals surface area (Å²) < 4.78 is 11.4. The lowest BCUT2D eigenvalue weighted by atomic mass is 10.1. The monoisotopic (exact) mass is 291 g/mol. The minimum atomic E-state index is 0.639. The molecule has 0 saturated heterocycles. The Labute approximate surface area is 129 Å². The lowest BCUT2D eigenvalue weighted by molar-refractivity contribution is 0.0754. The summed E-state index contributed by atoms with van der Waals surface area (Å²) in [6.07, 6.45) is 6.61. The maximum absolute atomic E-state index is 5.71. The van der Waals surface area contributed by atoms with Crippen molar-refractivity contribution in [2.24, 2.45) is 5.92 Å². The fourth-order valence-electron chi connectivity index (χ4n) is 2.76. The Morgan fingerprint density at radius 3 is 2.57 bits per heavy atom. The summed E-state index contributed by atoms with van der Waals surface area (Å²) >= 11 is 0. The van der Waals surface area contributed by atoms with Gasteiger partial charge in [-0.05, 0) is 49.4 Å².